The number of carboxylic acids is 1. The third kappa shape index (κ3) is 7.22. The van der Waals surface area contributed by atoms with Crippen LogP contribution in [0.3, 0.4) is 0 Å². The molecular weight excluding hydrogens is 587 g/mol. The molecule has 11 heteroatoms. The van der Waals surface area contributed by atoms with Gasteiger partial charge in [-0.1, -0.05) is 30.7 Å². The fourth-order valence-electron chi connectivity index (χ4n) is 6.71. The molecule has 2 aromatic carbocycles. The number of rotatable bonds is 10. The van der Waals surface area contributed by atoms with E-state index in [1.54, 1.807) is 42.4 Å². The lowest BCUT2D eigenvalue weighted by Crippen LogP contribution is -2.48. The molecule has 2 aliphatic heterocycles. The maximum atomic E-state index is 13.8. The number of hydrogen-bond donors (Lipinski definition) is 1. The van der Waals surface area contributed by atoms with Gasteiger partial charge in [0, 0.05) is 32.1 Å². The number of benzene rings is 2. The molecule has 1 amide bonds. The molecule has 2 aliphatic rings. The lowest BCUT2D eigenvalue weighted by Gasteiger charge is -2.44. The largest absolute Gasteiger partial charge is 0.481 e. The summed E-state index contributed by atoms with van der Waals surface area (Å²) in [5, 5.41) is 18.8. The number of alkyl halides is 1. The maximum absolute atomic E-state index is 13.8. The third-order valence-corrected chi connectivity index (χ3v) is 8.99. The highest BCUT2D eigenvalue weighted by atomic mass is 19.1. The number of amides is 1. The molecule has 0 unspecified atom stereocenters. The fraction of sp³-hybridized carbons (Fsp3) is 0.457. The van der Waals surface area contributed by atoms with Gasteiger partial charge in [-0.3, -0.25) is 9.69 Å². The number of nitrogens with zero attached hydrogens (tertiary/aromatic N) is 6. The number of nitriles is 1. The Kier molecular flexibility index (Phi) is 10.4. The van der Waals surface area contributed by atoms with Crippen LogP contribution in [0.25, 0.3) is 0 Å². The van der Waals surface area contributed by atoms with Gasteiger partial charge in [0.25, 0.3) is 0 Å². The van der Waals surface area contributed by atoms with Gasteiger partial charge in [-0.25, -0.2) is 19.2 Å². The highest BCUT2D eigenvalue weighted by Crippen LogP contribution is 2.44. The summed E-state index contributed by atoms with van der Waals surface area (Å²) in [4.78, 5) is 40.1. The molecule has 242 valence electrons. The normalized spacial score (nSPS) is 18.1. The van der Waals surface area contributed by atoms with Crippen molar-refractivity contribution in [2.45, 2.75) is 78.2 Å². The Balaban J connectivity index is 1.54. The zero-order chi connectivity index (χ0) is 32.8. The molecule has 0 bridgehead atoms. The first-order valence-corrected chi connectivity index (χ1v) is 15.9. The van der Waals surface area contributed by atoms with Gasteiger partial charge in [-0.2, -0.15) is 5.26 Å². The first-order valence-electron chi connectivity index (χ1n) is 15.9. The Bertz CT molecular complexity index is 1580. The van der Waals surface area contributed by atoms with Crippen LogP contribution in [0.15, 0.2) is 48.8 Å². The first-order chi connectivity index (χ1) is 22.2. The number of ether oxygens (including phenoxy) is 1. The molecule has 10 nitrogen and oxygen atoms in total. The topological polar surface area (TPSA) is 123 Å². The van der Waals surface area contributed by atoms with Gasteiger partial charge in [0.05, 0.1) is 48.0 Å². The number of anilines is 3. The predicted octanol–water partition coefficient (Wildman–Crippen LogP) is 6.71. The molecule has 0 aliphatic carbocycles. The lowest BCUT2D eigenvalue weighted by atomic mass is 9.87. The van der Waals surface area contributed by atoms with E-state index in [2.05, 4.69) is 21.9 Å². The molecule has 0 spiro atoms. The van der Waals surface area contributed by atoms with E-state index in [-0.39, 0.29) is 37.1 Å². The number of aliphatic carboxylic acids is 1. The molecule has 3 heterocycles. The van der Waals surface area contributed by atoms with Crippen LogP contribution in [0.1, 0.15) is 79.8 Å². The Morgan fingerprint density at radius 1 is 1.11 bits per heavy atom. The average Bonchev–Trinajstić information content (AvgIpc) is 3.06. The van der Waals surface area contributed by atoms with E-state index in [9.17, 15) is 24.3 Å². The molecule has 0 saturated carbocycles. The summed E-state index contributed by atoms with van der Waals surface area (Å²) in [5.74, 6) is -0.121. The summed E-state index contributed by atoms with van der Waals surface area (Å²) in [6, 6.07) is 12.9. The third-order valence-electron chi connectivity index (χ3n) is 8.99. The molecule has 1 N–H and O–H groups in total. The van der Waals surface area contributed by atoms with Crippen molar-refractivity contribution >= 4 is 29.4 Å². The molecule has 0 radical (unpaired) electrons. The number of aryl methyl sites for hydroxylation is 1. The summed E-state index contributed by atoms with van der Waals surface area (Å²) < 4.78 is 19.3. The quantitative estimate of drug-likeness (QED) is 0.261. The second-order valence-corrected chi connectivity index (χ2v) is 12.1. The Morgan fingerprint density at radius 3 is 2.46 bits per heavy atom. The fourth-order valence-corrected chi connectivity index (χ4v) is 6.71. The highest BCUT2D eigenvalue weighted by molar-refractivity contribution is 5.90. The van der Waals surface area contributed by atoms with E-state index >= 15 is 0 Å². The summed E-state index contributed by atoms with van der Waals surface area (Å²) in [6.07, 6.45) is 6.27. The second kappa shape index (κ2) is 14.6. The minimum absolute atomic E-state index is 0.153. The van der Waals surface area contributed by atoms with Crippen molar-refractivity contribution in [3.63, 3.8) is 0 Å². The van der Waals surface area contributed by atoms with Crippen molar-refractivity contribution in [3.8, 4) is 6.07 Å². The summed E-state index contributed by atoms with van der Waals surface area (Å²) >= 11 is 0. The molecular formula is C35H41FN6O4. The van der Waals surface area contributed by atoms with Crippen molar-refractivity contribution in [3.05, 3.63) is 76.6 Å². The Hall–Kier alpha value is -4.72. The number of carboxylic acid groups (broad SMARTS) is 1. The zero-order valence-electron chi connectivity index (χ0n) is 26.7. The monoisotopic (exact) mass is 628 g/mol. The van der Waals surface area contributed by atoms with E-state index in [1.165, 1.54) is 0 Å². The Morgan fingerprint density at radius 2 is 1.83 bits per heavy atom. The molecule has 46 heavy (non-hydrogen) atoms. The number of halogens is 1. The van der Waals surface area contributed by atoms with Crippen molar-refractivity contribution in [2.75, 3.05) is 34.4 Å². The van der Waals surface area contributed by atoms with Crippen LogP contribution < -0.4 is 14.7 Å². The van der Waals surface area contributed by atoms with Crippen LogP contribution in [0, 0.1) is 24.2 Å². The highest BCUT2D eigenvalue weighted by Gasteiger charge is 2.39. The van der Waals surface area contributed by atoms with Crippen LogP contribution in [-0.4, -0.2) is 52.9 Å². The smallest absolute Gasteiger partial charge is 0.414 e. The van der Waals surface area contributed by atoms with Crippen molar-refractivity contribution in [2.24, 2.45) is 5.92 Å². The van der Waals surface area contributed by atoms with Crippen LogP contribution in [0.2, 0.25) is 0 Å². The van der Waals surface area contributed by atoms with Gasteiger partial charge >= 0.3 is 12.1 Å². The molecule has 2 atom stereocenters. The van der Waals surface area contributed by atoms with Gasteiger partial charge in [-0.15, -0.1) is 0 Å². The predicted molar refractivity (Wildman–Crippen MR) is 173 cm³/mol. The zero-order valence-corrected chi connectivity index (χ0v) is 26.7. The maximum Gasteiger partial charge on any atom is 0.414 e. The van der Waals surface area contributed by atoms with Crippen LogP contribution in [-0.2, 0) is 22.8 Å². The van der Waals surface area contributed by atoms with Crippen molar-refractivity contribution in [1.29, 1.82) is 5.26 Å². The number of carbonyl (C=O) groups excluding carboxylic acids is 1. The Labute approximate surface area is 269 Å². The number of carbonyl (C=O) groups is 2. The first kappa shape index (κ1) is 32.7. The summed E-state index contributed by atoms with van der Waals surface area (Å²) in [6.45, 7) is 7.22. The van der Waals surface area contributed by atoms with Gasteiger partial charge < -0.3 is 19.6 Å². The van der Waals surface area contributed by atoms with E-state index < -0.39 is 12.6 Å². The molecule has 1 saturated heterocycles. The van der Waals surface area contributed by atoms with E-state index in [0.717, 1.165) is 54.0 Å². The summed E-state index contributed by atoms with van der Waals surface area (Å²) in [7, 11) is 0. The van der Waals surface area contributed by atoms with E-state index in [4.69, 9.17) is 14.7 Å². The van der Waals surface area contributed by atoms with Gasteiger partial charge in [-0.05, 0) is 80.3 Å². The lowest BCUT2D eigenvalue weighted by molar-refractivity contribution is -0.138. The number of piperidine rings is 1. The van der Waals surface area contributed by atoms with Gasteiger partial charge in [0.15, 0.2) is 0 Å². The van der Waals surface area contributed by atoms with E-state index in [0.29, 0.717) is 36.5 Å². The SMILES string of the molecule is CCOC(=O)N1c2ccc(C)cc2[C@@H](N(Cc2cc(C#N)cc(CF)c2)c2ncc(N3CCC(CC(=O)O)CC3)cn2)C[C@H]1CC. The average molecular weight is 629 g/mol. The second-order valence-electron chi connectivity index (χ2n) is 12.1. The molecule has 1 fully saturated rings. The van der Waals surface area contributed by atoms with Crippen LogP contribution >= 0.6 is 0 Å². The minimum atomic E-state index is -0.764. The van der Waals surface area contributed by atoms with E-state index in [1.807, 2.05) is 26.0 Å². The molecule has 5 rings (SSSR count). The number of fused-ring (bicyclic) bond motifs is 1. The minimum Gasteiger partial charge on any atom is -0.481 e. The van der Waals surface area contributed by atoms with Gasteiger partial charge in [0.2, 0.25) is 5.95 Å². The van der Waals surface area contributed by atoms with Crippen LogP contribution in [0.5, 0.6) is 0 Å². The number of hydrogen-bond acceptors (Lipinski definition) is 8. The van der Waals surface area contributed by atoms with Gasteiger partial charge in [0.1, 0.15) is 6.67 Å². The van der Waals surface area contributed by atoms with Crippen molar-refractivity contribution < 1.29 is 23.8 Å². The van der Waals surface area contributed by atoms with Crippen molar-refractivity contribution in [1.82, 2.24) is 9.97 Å². The molecule has 3 aromatic rings. The standard InChI is InChI=1S/C35H41FN6O4/c1-4-28-17-32(30-12-23(3)6-7-31(30)42(28)35(45)46-5-2)41(22-27-14-25(18-36)13-26(15-27)19-37)34-38-20-29(21-39-34)40-10-8-24(9-11-40)16-33(43)44/h6-7,12-15,20-21,24,28,32H,4-5,8-11,16-18,22H2,1-3H3,(H,43,44)/t28-,32+/m1/s1. The number of aromatic nitrogens is 2. The van der Waals surface area contributed by atoms with Crippen LogP contribution in [0.4, 0.5) is 26.5 Å². The summed E-state index contributed by atoms with van der Waals surface area (Å²) in [5.41, 5.74) is 5.18. The molecule has 1 aromatic heterocycles.